The van der Waals surface area contributed by atoms with Gasteiger partial charge in [-0.15, -0.1) is 11.6 Å². The van der Waals surface area contributed by atoms with E-state index in [1.54, 1.807) is 24.3 Å². The van der Waals surface area contributed by atoms with Crippen LogP contribution in [0.4, 0.5) is 4.39 Å². The summed E-state index contributed by atoms with van der Waals surface area (Å²) >= 11 is 12.0. The number of alkyl halides is 1. The molecule has 0 saturated carbocycles. The van der Waals surface area contributed by atoms with Crippen LogP contribution >= 0.6 is 23.2 Å². The number of hydrogen-bond acceptors (Lipinski definition) is 2. The molecule has 0 saturated heterocycles. The Hall–Kier alpha value is -1.29. The van der Waals surface area contributed by atoms with Crippen LogP contribution in [0, 0.1) is 5.82 Å². The highest BCUT2D eigenvalue weighted by Gasteiger charge is 2.30. The van der Waals surface area contributed by atoms with Crippen LogP contribution in [0.25, 0.3) is 0 Å². The third-order valence-electron chi connectivity index (χ3n) is 3.35. The summed E-state index contributed by atoms with van der Waals surface area (Å²) in [5.41, 5.74) is -0.270. The first-order chi connectivity index (χ1) is 10.00. The Morgan fingerprint density at radius 3 is 2.52 bits per heavy atom. The quantitative estimate of drug-likeness (QED) is 0.835. The predicted molar refractivity (Wildman–Crippen MR) is 82.7 cm³/mol. The molecule has 2 aromatic rings. The highest BCUT2D eigenvalue weighted by molar-refractivity contribution is 6.31. The minimum Gasteiger partial charge on any atom is -0.494 e. The van der Waals surface area contributed by atoms with E-state index in [0.29, 0.717) is 10.6 Å². The third kappa shape index (κ3) is 3.49. The lowest BCUT2D eigenvalue weighted by atomic mass is 9.88. The number of rotatable bonds is 5. The largest absolute Gasteiger partial charge is 0.494 e. The third-order valence-corrected chi connectivity index (χ3v) is 4.16. The van der Waals surface area contributed by atoms with E-state index < -0.39 is 11.4 Å². The number of halogens is 3. The normalized spacial score (nSPS) is 13.8. The van der Waals surface area contributed by atoms with Crippen LogP contribution in [-0.4, -0.2) is 18.1 Å². The number of methoxy groups -OCH3 is 1. The van der Waals surface area contributed by atoms with E-state index in [-0.39, 0.29) is 18.1 Å². The average Bonchev–Trinajstić information content (AvgIpc) is 2.49. The van der Waals surface area contributed by atoms with E-state index in [4.69, 9.17) is 27.9 Å². The van der Waals surface area contributed by atoms with Crippen LogP contribution in [0.3, 0.4) is 0 Å². The van der Waals surface area contributed by atoms with Gasteiger partial charge in [0.05, 0.1) is 13.0 Å². The summed E-state index contributed by atoms with van der Waals surface area (Å²) in [5.74, 6) is -0.504. The van der Waals surface area contributed by atoms with Crippen LogP contribution in [0.15, 0.2) is 42.5 Å². The van der Waals surface area contributed by atoms with E-state index in [2.05, 4.69) is 0 Å². The molecule has 2 rings (SSSR count). The van der Waals surface area contributed by atoms with E-state index >= 15 is 0 Å². The van der Waals surface area contributed by atoms with Crippen molar-refractivity contribution in [3.8, 4) is 5.75 Å². The Morgan fingerprint density at radius 1 is 1.24 bits per heavy atom. The lowest BCUT2D eigenvalue weighted by Gasteiger charge is -2.27. The van der Waals surface area contributed by atoms with Crippen molar-refractivity contribution in [1.82, 2.24) is 0 Å². The lowest BCUT2D eigenvalue weighted by Crippen LogP contribution is -2.31. The fourth-order valence-electron chi connectivity index (χ4n) is 2.14. The first kappa shape index (κ1) is 16.1. The Bertz CT molecular complexity index is 633. The maximum atomic E-state index is 13.8. The molecular formula is C16H15Cl2FO2. The van der Waals surface area contributed by atoms with Crippen molar-refractivity contribution in [3.63, 3.8) is 0 Å². The zero-order chi connectivity index (χ0) is 15.5. The smallest absolute Gasteiger partial charge is 0.165 e. The Balaban J connectivity index is 2.37. The molecule has 112 valence electrons. The molecule has 1 atom stereocenters. The van der Waals surface area contributed by atoms with Gasteiger partial charge in [0.15, 0.2) is 11.6 Å². The van der Waals surface area contributed by atoms with Crippen molar-refractivity contribution >= 4 is 23.2 Å². The summed E-state index contributed by atoms with van der Waals surface area (Å²) in [6, 6.07) is 11.5. The molecule has 0 fully saturated rings. The van der Waals surface area contributed by atoms with E-state index in [1.807, 2.05) is 6.07 Å². The Labute approximate surface area is 133 Å². The molecular weight excluding hydrogens is 314 g/mol. The van der Waals surface area contributed by atoms with Crippen molar-refractivity contribution in [2.45, 2.75) is 12.0 Å². The second kappa shape index (κ2) is 6.65. The minimum absolute atomic E-state index is 0.0794. The predicted octanol–water partition coefficient (Wildman–Crippen LogP) is 4.16. The Morgan fingerprint density at radius 2 is 1.95 bits per heavy atom. The minimum atomic E-state index is -1.40. The molecule has 0 radical (unpaired) electrons. The monoisotopic (exact) mass is 328 g/mol. The molecule has 0 spiro atoms. The molecule has 0 bridgehead atoms. The summed E-state index contributed by atoms with van der Waals surface area (Å²) in [6.07, 6.45) is 0.196. The van der Waals surface area contributed by atoms with Gasteiger partial charge in [0.1, 0.15) is 5.60 Å². The molecule has 0 heterocycles. The van der Waals surface area contributed by atoms with Crippen molar-refractivity contribution in [2.75, 3.05) is 13.0 Å². The van der Waals surface area contributed by atoms with Gasteiger partial charge in [0.2, 0.25) is 0 Å². The van der Waals surface area contributed by atoms with Gasteiger partial charge in [-0.2, -0.15) is 0 Å². The van der Waals surface area contributed by atoms with E-state index in [1.165, 1.54) is 19.2 Å². The molecule has 0 aliphatic heterocycles. The van der Waals surface area contributed by atoms with Gasteiger partial charge in [-0.3, -0.25) is 0 Å². The van der Waals surface area contributed by atoms with Gasteiger partial charge < -0.3 is 9.84 Å². The molecule has 1 N–H and O–H groups in total. The molecule has 0 aromatic heterocycles. The standard InChI is InChI=1S/C16H15Cl2FO2/c1-21-15-7-6-12(8-14(15)19)16(20,10-17)9-11-4-2-3-5-13(11)18/h2-8,20H,9-10H2,1H3. The van der Waals surface area contributed by atoms with Gasteiger partial charge in [-0.1, -0.05) is 35.9 Å². The average molecular weight is 329 g/mol. The molecule has 5 heteroatoms. The fraction of sp³-hybridized carbons (Fsp3) is 0.250. The zero-order valence-electron chi connectivity index (χ0n) is 11.4. The van der Waals surface area contributed by atoms with E-state index in [9.17, 15) is 9.50 Å². The zero-order valence-corrected chi connectivity index (χ0v) is 13.0. The molecule has 2 nitrogen and oxygen atoms in total. The summed E-state index contributed by atoms with van der Waals surface area (Å²) < 4.78 is 18.7. The van der Waals surface area contributed by atoms with Crippen molar-refractivity contribution in [3.05, 3.63) is 64.4 Å². The summed E-state index contributed by atoms with van der Waals surface area (Å²) in [7, 11) is 1.38. The van der Waals surface area contributed by atoms with Gasteiger partial charge in [-0.05, 0) is 29.3 Å². The van der Waals surface area contributed by atoms with Crippen LogP contribution in [-0.2, 0) is 12.0 Å². The van der Waals surface area contributed by atoms with Crippen LogP contribution in [0.1, 0.15) is 11.1 Å². The maximum absolute atomic E-state index is 13.8. The second-order valence-corrected chi connectivity index (χ2v) is 5.46. The summed E-state index contributed by atoms with van der Waals surface area (Å²) in [5, 5.41) is 11.3. The second-order valence-electron chi connectivity index (χ2n) is 4.78. The number of benzene rings is 2. The van der Waals surface area contributed by atoms with Crippen LogP contribution in [0.5, 0.6) is 5.75 Å². The molecule has 21 heavy (non-hydrogen) atoms. The number of aliphatic hydroxyl groups is 1. The molecule has 1 unspecified atom stereocenters. The fourth-order valence-corrected chi connectivity index (χ4v) is 2.59. The van der Waals surface area contributed by atoms with Gasteiger partial charge in [0, 0.05) is 11.4 Å². The number of hydrogen-bond donors (Lipinski definition) is 1. The molecule has 2 aromatic carbocycles. The van der Waals surface area contributed by atoms with Crippen molar-refractivity contribution in [2.24, 2.45) is 0 Å². The summed E-state index contributed by atoms with van der Waals surface area (Å²) in [4.78, 5) is 0. The first-order valence-corrected chi connectivity index (χ1v) is 7.27. The molecule has 0 aliphatic carbocycles. The maximum Gasteiger partial charge on any atom is 0.165 e. The van der Waals surface area contributed by atoms with Crippen LogP contribution in [0.2, 0.25) is 5.02 Å². The van der Waals surface area contributed by atoms with Crippen LogP contribution < -0.4 is 4.74 Å². The highest BCUT2D eigenvalue weighted by Crippen LogP contribution is 2.32. The molecule has 0 aliphatic rings. The number of ether oxygens (including phenoxy) is 1. The molecule has 0 amide bonds. The first-order valence-electron chi connectivity index (χ1n) is 6.36. The highest BCUT2D eigenvalue weighted by atomic mass is 35.5. The topological polar surface area (TPSA) is 29.5 Å². The van der Waals surface area contributed by atoms with Gasteiger partial charge >= 0.3 is 0 Å². The SMILES string of the molecule is COc1ccc(C(O)(CCl)Cc2ccccc2Cl)cc1F. The lowest BCUT2D eigenvalue weighted by molar-refractivity contribution is 0.0610. The van der Waals surface area contributed by atoms with Gasteiger partial charge in [-0.25, -0.2) is 4.39 Å². The van der Waals surface area contributed by atoms with Crippen molar-refractivity contribution in [1.29, 1.82) is 0 Å². The Kier molecular flexibility index (Phi) is 5.09. The summed E-state index contributed by atoms with van der Waals surface area (Å²) in [6.45, 7) is 0. The van der Waals surface area contributed by atoms with Gasteiger partial charge in [0.25, 0.3) is 0 Å². The van der Waals surface area contributed by atoms with Crippen molar-refractivity contribution < 1.29 is 14.2 Å². The van der Waals surface area contributed by atoms with E-state index in [0.717, 1.165) is 5.56 Å².